The first-order valence-electron chi connectivity index (χ1n) is 7.28. The molecule has 110 valence electrons. The van der Waals surface area contributed by atoms with Gasteiger partial charge in [0, 0.05) is 18.1 Å². The van der Waals surface area contributed by atoms with E-state index in [2.05, 4.69) is 24.5 Å². The maximum absolute atomic E-state index is 12.5. The molecule has 2 N–H and O–H groups in total. The van der Waals surface area contributed by atoms with Crippen LogP contribution < -0.4 is 10.6 Å². The predicted molar refractivity (Wildman–Crippen MR) is 82.9 cm³/mol. The van der Waals surface area contributed by atoms with Crippen LogP contribution in [0.4, 0.5) is 0 Å². The molecule has 1 atom stereocenters. The average molecular weight is 295 g/mol. The quantitative estimate of drug-likeness (QED) is 0.876. The molecule has 1 unspecified atom stereocenters. The van der Waals surface area contributed by atoms with Crippen LogP contribution in [-0.4, -0.2) is 25.5 Å². The van der Waals surface area contributed by atoms with Gasteiger partial charge in [0.1, 0.15) is 0 Å². The summed E-state index contributed by atoms with van der Waals surface area (Å²) in [4.78, 5) is 12.5. The molecule has 1 fully saturated rings. The van der Waals surface area contributed by atoms with Crippen molar-refractivity contribution in [1.82, 2.24) is 10.6 Å². The molecule has 1 aliphatic heterocycles. The third kappa shape index (κ3) is 3.33. The molecular weight excluding hydrogens is 272 g/mol. The fourth-order valence-corrected chi connectivity index (χ4v) is 3.06. The molecule has 0 saturated carbocycles. The number of rotatable bonds is 5. The minimum atomic E-state index is -0.242. The number of carbonyl (C=O) groups excluding carboxylic acids is 1. The number of amides is 1. The Morgan fingerprint density at radius 2 is 2.30 bits per heavy atom. The second-order valence-electron chi connectivity index (χ2n) is 5.87. The standard InChI is InChI=1S/C16H23ClN2O/c1-12(2)16(7-9-18-11-16)15(20)19-8-6-13-4-3-5-14(17)10-13/h3-5,10,12,18H,6-9,11H2,1-2H3,(H,19,20). The van der Waals surface area contributed by atoms with E-state index in [0.717, 1.165) is 36.5 Å². The summed E-state index contributed by atoms with van der Waals surface area (Å²) in [6, 6.07) is 7.79. The van der Waals surface area contributed by atoms with Gasteiger partial charge in [-0.2, -0.15) is 0 Å². The second kappa shape index (κ2) is 6.59. The molecule has 1 saturated heterocycles. The van der Waals surface area contributed by atoms with Crippen LogP contribution in [0.25, 0.3) is 0 Å². The lowest BCUT2D eigenvalue weighted by Crippen LogP contribution is -2.46. The van der Waals surface area contributed by atoms with Crippen LogP contribution in [0.2, 0.25) is 5.02 Å². The highest BCUT2D eigenvalue weighted by Gasteiger charge is 2.43. The molecule has 0 spiro atoms. The Morgan fingerprint density at radius 1 is 1.50 bits per heavy atom. The first-order valence-corrected chi connectivity index (χ1v) is 7.66. The smallest absolute Gasteiger partial charge is 0.227 e. The molecule has 1 aliphatic rings. The lowest BCUT2D eigenvalue weighted by molar-refractivity contribution is -0.132. The first kappa shape index (κ1) is 15.3. The van der Waals surface area contributed by atoms with E-state index >= 15 is 0 Å². The Balaban J connectivity index is 1.88. The number of nitrogens with one attached hydrogen (secondary N) is 2. The molecule has 1 amide bonds. The third-order valence-corrected chi connectivity index (χ3v) is 4.57. The van der Waals surface area contributed by atoms with Crippen LogP contribution in [0.15, 0.2) is 24.3 Å². The summed E-state index contributed by atoms with van der Waals surface area (Å²) >= 11 is 5.96. The van der Waals surface area contributed by atoms with Gasteiger partial charge in [0.15, 0.2) is 0 Å². The Bertz CT molecular complexity index is 467. The molecule has 1 aromatic rings. The van der Waals surface area contributed by atoms with E-state index in [4.69, 9.17) is 11.6 Å². The zero-order valence-corrected chi connectivity index (χ0v) is 13.0. The first-order chi connectivity index (χ1) is 9.54. The van der Waals surface area contributed by atoms with Gasteiger partial charge < -0.3 is 10.6 Å². The second-order valence-corrected chi connectivity index (χ2v) is 6.31. The molecular formula is C16H23ClN2O. The fraction of sp³-hybridized carbons (Fsp3) is 0.562. The summed E-state index contributed by atoms with van der Waals surface area (Å²) in [5.74, 6) is 0.531. The van der Waals surface area contributed by atoms with Crippen LogP contribution in [0.1, 0.15) is 25.8 Å². The van der Waals surface area contributed by atoms with Gasteiger partial charge in [-0.05, 0) is 43.0 Å². The maximum atomic E-state index is 12.5. The Hall–Kier alpha value is -1.06. The summed E-state index contributed by atoms with van der Waals surface area (Å²) in [5, 5.41) is 7.15. The zero-order chi connectivity index (χ0) is 14.6. The van der Waals surface area contributed by atoms with Crippen molar-refractivity contribution in [2.45, 2.75) is 26.7 Å². The van der Waals surface area contributed by atoms with Crippen molar-refractivity contribution in [3.8, 4) is 0 Å². The van der Waals surface area contributed by atoms with Gasteiger partial charge >= 0.3 is 0 Å². The summed E-state index contributed by atoms with van der Waals surface area (Å²) in [6.07, 6.45) is 1.74. The van der Waals surface area contributed by atoms with Gasteiger partial charge in [0.05, 0.1) is 5.41 Å². The van der Waals surface area contributed by atoms with Crippen molar-refractivity contribution in [3.05, 3.63) is 34.9 Å². The van der Waals surface area contributed by atoms with Crippen molar-refractivity contribution in [2.75, 3.05) is 19.6 Å². The van der Waals surface area contributed by atoms with Crippen molar-refractivity contribution in [3.63, 3.8) is 0 Å². The van der Waals surface area contributed by atoms with E-state index in [1.54, 1.807) is 0 Å². The molecule has 0 bridgehead atoms. The van der Waals surface area contributed by atoms with Crippen molar-refractivity contribution >= 4 is 17.5 Å². The Labute approximate surface area is 126 Å². The molecule has 1 aromatic carbocycles. The van der Waals surface area contributed by atoms with E-state index in [1.807, 2.05) is 24.3 Å². The van der Waals surface area contributed by atoms with Crippen LogP contribution in [-0.2, 0) is 11.2 Å². The molecule has 0 aliphatic carbocycles. The number of carbonyl (C=O) groups is 1. The van der Waals surface area contributed by atoms with Gasteiger partial charge in [-0.15, -0.1) is 0 Å². The fourth-order valence-electron chi connectivity index (χ4n) is 2.85. The van der Waals surface area contributed by atoms with Crippen LogP contribution in [0, 0.1) is 11.3 Å². The summed E-state index contributed by atoms with van der Waals surface area (Å²) in [5.41, 5.74) is 0.912. The molecule has 4 heteroatoms. The van der Waals surface area contributed by atoms with Crippen LogP contribution >= 0.6 is 11.6 Å². The van der Waals surface area contributed by atoms with E-state index in [9.17, 15) is 4.79 Å². The zero-order valence-electron chi connectivity index (χ0n) is 12.2. The summed E-state index contributed by atoms with van der Waals surface area (Å²) < 4.78 is 0. The Kier molecular flexibility index (Phi) is 5.06. The van der Waals surface area contributed by atoms with Crippen molar-refractivity contribution in [2.24, 2.45) is 11.3 Å². The number of hydrogen-bond donors (Lipinski definition) is 2. The van der Waals surface area contributed by atoms with Gasteiger partial charge in [-0.3, -0.25) is 4.79 Å². The molecule has 20 heavy (non-hydrogen) atoms. The van der Waals surface area contributed by atoms with Crippen LogP contribution in [0.3, 0.4) is 0 Å². The predicted octanol–water partition coefficient (Wildman–Crippen LogP) is 2.63. The van der Waals surface area contributed by atoms with Gasteiger partial charge in [0.25, 0.3) is 0 Å². The van der Waals surface area contributed by atoms with Gasteiger partial charge in [-0.1, -0.05) is 37.6 Å². The lowest BCUT2D eigenvalue weighted by atomic mass is 9.75. The highest BCUT2D eigenvalue weighted by Crippen LogP contribution is 2.34. The number of benzene rings is 1. The Morgan fingerprint density at radius 3 is 2.90 bits per heavy atom. The molecule has 0 radical (unpaired) electrons. The largest absolute Gasteiger partial charge is 0.355 e. The summed E-state index contributed by atoms with van der Waals surface area (Å²) in [7, 11) is 0. The molecule has 0 aromatic heterocycles. The highest BCUT2D eigenvalue weighted by atomic mass is 35.5. The lowest BCUT2D eigenvalue weighted by Gasteiger charge is -2.31. The maximum Gasteiger partial charge on any atom is 0.227 e. The molecule has 3 nitrogen and oxygen atoms in total. The van der Waals surface area contributed by atoms with E-state index < -0.39 is 0 Å². The number of halogens is 1. The van der Waals surface area contributed by atoms with Gasteiger partial charge in [0.2, 0.25) is 5.91 Å². The summed E-state index contributed by atoms with van der Waals surface area (Å²) in [6.45, 7) is 6.63. The molecule has 2 rings (SSSR count). The molecule has 1 heterocycles. The van der Waals surface area contributed by atoms with Crippen molar-refractivity contribution < 1.29 is 4.79 Å². The number of hydrogen-bond acceptors (Lipinski definition) is 2. The SMILES string of the molecule is CC(C)C1(C(=O)NCCc2cccc(Cl)c2)CCNC1. The topological polar surface area (TPSA) is 41.1 Å². The van der Waals surface area contributed by atoms with Crippen molar-refractivity contribution in [1.29, 1.82) is 0 Å². The monoisotopic (exact) mass is 294 g/mol. The highest BCUT2D eigenvalue weighted by molar-refractivity contribution is 6.30. The van der Waals surface area contributed by atoms with E-state index in [1.165, 1.54) is 0 Å². The minimum Gasteiger partial charge on any atom is -0.355 e. The van der Waals surface area contributed by atoms with Crippen LogP contribution in [0.5, 0.6) is 0 Å². The minimum absolute atomic E-state index is 0.180. The average Bonchev–Trinajstić information content (AvgIpc) is 2.89. The van der Waals surface area contributed by atoms with Gasteiger partial charge in [-0.25, -0.2) is 0 Å². The van der Waals surface area contributed by atoms with E-state index in [-0.39, 0.29) is 11.3 Å². The third-order valence-electron chi connectivity index (χ3n) is 4.33. The van der Waals surface area contributed by atoms with E-state index in [0.29, 0.717) is 12.5 Å². The normalized spacial score (nSPS) is 22.2.